The first-order valence-corrected chi connectivity index (χ1v) is 5.43. The zero-order valence-electron chi connectivity index (χ0n) is 8.87. The molecule has 0 aliphatic heterocycles. The van der Waals surface area contributed by atoms with E-state index in [9.17, 15) is 4.79 Å². The molecule has 0 atom stereocenters. The predicted octanol–water partition coefficient (Wildman–Crippen LogP) is 2.31. The van der Waals surface area contributed by atoms with Gasteiger partial charge in [-0.1, -0.05) is 0 Å². The van der Waals surface area contributed by atoms with Crippen molar-refractivity contribution in [3.8, 4) is 0 Å². The van der Waals surface area contributed by atoms with E-state index < -0.39 is 0 Å². The van der Waals surface area contributed by atoms with Crippen molar-refractivity contribution in [1.82, 2.24) is 0 Å². The van der Waals surface area contributed by atoms with E-state index in [4.69, 9.17) is 4.74 Å². The van der Waals surface area contributed by atoms with Crippen LogP contribution >= 0.6 is 0 Å². The van der Waals surface area contributed by atoms with Crippen LogP contribution in [0.2, 0.25) is 0 Å². The van der Waals surface area contributed by atoms with Crippen molar-refractivity contribution in [1.29, 1.82) is 0 Å². The minimum Gasteiger partial charge on any atom is -0.381 e. The van der Waals surface area contributed by atoms with Crippen LogP contribution in [-0.4, -0.2) is 25.8 Å². The number of ether oxygens (including phenoxy) is 1. The molecule has 1 rings (SSSR count). The predicted molar refractivity (Wildman–Crippen MR) is 55.0 cm³/mol. The highest BCUT2D eigenvalue weighted by Gasteiger charge is 2.19. The van der Waals surface area contributed by atoms with Gasteiger partial charge in [0.15, 0.2) is 0 Å². The maximum Gasteiger partial charge on any atom is 0.234 e. The molecular formula is C11H19NO2. The second kappa shape index (κ2) is 6.74. The molecule has 0 spiro atoms. The summed E-state index contributed by atoms with van der Waals surface area (Å²) in [6.45, 7) is 0.647. The molecular weight excluding hydrogens is 178 g/mol. The number of aliphatic imine (C=N–C) groups is 1. The molecule has 1 saturated carbocycles. The van der Waals surface area contributed by atoms with Gasteiger partial charge in [0.05, 0.1) is 12.6 Å². The molecule has 0 N–H and O–H groups in total. The van der Waals surface area contributed by atoms with Gasteiger partial charge in [-0.15, -0.1) is 0 Å². The van der Waals surface area contributed by atoms with E-state index in [2.05, 4.69) is 4.99 Å². The lowest BCUT2D eigenvalue weighted by Crippen LogP contribution is -2.20. The van der Waals surface area contributed by atoms with E-state index >= 15 is 0 Å². The van der Waals surface area contributed by atoms with Crippen molar-refractivity contribution >= 4 is 6.08 Å². The number of methoxy groups -OCH3 is 1. The van der Waals surface area contributed by atoms with Crippen LogP contribution in [0.5, 0.6) is 0 Å². The molecule has 0 aromatic rings. The van der Waals surface area contributed by atoms with Gasteiger partial charge >= 0.3 is 0 Å². The summed E-state index contributed by atoms with van der Waals surface area (Å²) in [5.41, 5.74) is 0. The first-order valence-electron chi connectivity index (χ1n) is 5.43. The molecule has 3 nitrogen and oxygen atoms in total. The van der Waals surface area contributed by atoms with E-state index in [0.29, 0.717) is 12.6 Å². The van der Waals surface area contributed by atoms with Gasteiger partial charge in [0, 0.05) is 7.11 Å². The largest absolute Gasteiger partial charge is 0.381 e. The Morgan fingerprint density at radius 1 is 1.36 bits per heavy atom. The van der Waals surface area contributed by atoms with Gasteiger partial charge in [-0.2, -0.15) is 0 Å². The summed E-state index contributed by atoms with van der Waals surface area (Å²) in [4.78, 5) is 13.4. The van der Waals surface area contributed by atoms with Gasteiger partial charge in [-0.05, 0) is 44.4 Å². The summed E-state index contributed by atoms with van der Waals surface area (Å²) >= 11 is 0. The van der Waals surface area contributed by atoms with Gasteiger partial charge < -0.3 is 4.74 Å². The normalized spacial score (nSPS) is 26.9. The van der Waals surface area contributed by atoms with Crippen molar-refractivity contribution in [3.63, 3.8) is 0 Å². The maximum atomic E-state index is 9.83. The number of rotatable bonds is 5. The van der Waals surface area contributed by atoms with Crippen LogP contribution in [0, 0.1) is 5.92 Å². The summed E-state index contributed by atoms with van der Waals surface area (Å²) in [5.74, 6) is 0.822. The maximum absolute atomic E-state index is 9.83. The fraction of sp³-hybridized carbons (Fsp3) is 0.909. The molecule has 0 heterocycles. The lowest BCUT2D eigenvalue weighted by molar-refractivity contribution is 0.0554. The minimum atomic E-state index is 0.485. The first-order chi connectivity index (χ1) is 6.86. The van der Waals surface area contributed by atoms with E-state index in [0.717, 1.165) is 12.3 Å². The monoisotopic (exact) mass is 197 g/mol. The molecule has 0 radical (unpaired) electrons. The molecule has 1 fully saturated rings. The molecule has 0 unspecified atom stereocenters. The van der Waals surface area contributed by atoms with Crippen LogP contribution in [-0.2, 0) is 9.53 Å². The fourth-order valence-corrected chi connectivity index (χ4v) is 2.16. The van der Waals surface area contributed by atoms with Crippen LogP contribution in [0.25, 0.3) is 0 Å². The third kappa shape index (κ3) is 4.03. The van der Waals surface area contributed by atoms with Gasteiger partial charge in [-0.25, -0.2) is 9.79 Å². The molecule has 0 saturated heterocycles. The van der Waals surface area contributed by atoms with E-state index in [-0.39, 0.29) is 0 Å². The molecule has 0 aromatic carbocycles. The Kier molecular flexibility index (Phi) is 5.50. The Labute approximate surface area is 85.6 Å². The summed E-state index contributed by atoms with van der Waals surface area (Å²) in [5, 5.41) is 0. The average molecular weight is 197 g/mol. The number of hydrogen-bond donors (Lipinski definition) is 0. The lowest BCUT2D eigenvalue weighted by atomic mass is 9.84. The first kappa shape index (κ1) is 11.4. The van der Waals surface area contributed by atoms with E-state index in [1.54, 1.807) is 13.2 Å². The van der Waals surface area contributed by atoms with Crippen molar-refractivity contribution in [2.45, 2.75) is 44.6 Å². The quantitative estimate of drug-likeness (QED) is 0.385. The molecule has 1 aliphatic rings. The summed E-state index contributed by atoms with van der Waals surface area (Å²) in [7, 11) is 1.80. The number of nitrogens with zero attached hydrogens (tertiary/aromatic N) is 1. The standard InChI is InChI=1S/C11H19NO2/c1-14-11-6-4-10(5-7-11)3-2-8-12-9-13/h10-11H,2-8H2,1H3. The highest BCUT2D eigenvalue weighted by Crippen LogP contribution is 2.28. The molecule has 1 aliphatic carbocycles. The Balaban J connectivity index is 2.06. The van der Waals surface area contributed by atoms with Crippen molar-refractivity contribution in [2.24, 2.45) is 10.9 Å². The molecule has 3 heteroatoms. The summed E-state index contributed by atoms with van der Waals surface area (Å²) in [6, 6.07) is 0. The van der Waals surface area contributed by atoms with E-state index in [1.807, 2.05) is 0 Å². The zero-order valence-corrected chi connectivity index (χ0v) is 8.87. The fourth-order valence-electron chi connectivity index (χ4n) is 2.16. The van der Waals surface area contributed by atoms with Crippen LogP contribution in [0.4, 0.5) is 0 Å². The number of hydrogen-bond acceptors (Lipinski definition) is 3. The molecule has 0 bridgehead atoms. The second-order valence-electron chi connectivity index (χ2n) is 3.99. The third-order valence-corrected chi connectivity index (χ3v) is 3.07. The SMILES string of the molecule is COC1CCC(CCCN=C=O)CC1. The van der Waals surface area contributed by atoms with E-state index in [1.165, 1.54) is 32.1 Å². The van der Waals surface area contributed by atoms with Crippen LogP contribution in [0.1, 0.15) is 38.5 Å². The average Bonchev–Trinajstić information content (AvgIpc) is 2.25. The molecule has 14 heavy (non-hydrogen) atoms. The molecule has 80 valence electrons. The van der Waals surface area contributed by atoms with Gasteiger partial charge in [0.1, 0.15) is 0 Å². The summed E-state index contributed by atoms with van der Waals surface area (Å²) < 4.78 is 5.31. The minimum absolute atomic E-state index is 0.485. The third-order valence-electron chi connectivity index (χ3n) is 3.07. The van der Waals surface area contributed by atoms with Crippen LogP contribution in [0.3, 0.4) is 0 Å². The molecule has 0 amide bonds. The van der Waals surface area contributed by atoms with Gasteiger partial charge in [-0.3, -0.25) is 0 Å². The highest BCUT2D eigenvalue weighted by molar-refractivity contribution is 5.32. The Morgan fingerprint density at radius 2 is 2.07 bits per heavy atom. The molecule has 0 aromatic heterocycles. The number of carbonyl (C=O) groups excluding carboxylic acids is 1. The van der Waals surface area contributed by atoms with Crippen LogP contribution in [0.15, 0.2) is 4.99 Å². The number of isocyanates is 1. The lowest BCUT2D eigenvalue weighted by Gasteiger charge is -2.27. The zero-order chi connectivity index (χ0) is 10.2. The van der Waals surface area contributed by atoms with Gasteiger partial charge in [0.25, 0.3) is 0 Å². The Hall–Kier alpha value is -0.660. The van der Waals surface area contributed by atoms with Gasteiger partial charge in [0.2, 0.25) is 6.08 Å². The summed E-state index contributed by atoms with van der Waals surface area (Å²) in [6.07, 6.45) is 9.20. The second-order valence-corrected chi connectivity index (χ2v) is 3.99. The van der Waals surface area contributed by atoms with Crippen molar-refractivity contribution in [3.05, 3.63) is 0 Å². The van der Waals surface area contributed by atoms with Crippen LogP contribution < -0.4 is 0 Å². The Morgan fingerprint density at radius 3 is 2.64 bits per heavy atom. The smallest absolute Gasteiger partial charge is 0.234 e. The highest BCUT2D eigenvalue weighted by atomic mass is 16.5. The Bertz CT molecular complexity index is 191. The topological polar surface area (TPSA) is 38.7 Å². The van der Waals surface area contributed by atoms with Crippen molar-refractivity contribution in [2.75, 3.05) is 13.7 Å². The van der Waals surface area contributed by atoms with Crippen molar-refractivity contribution < 1.29 is 9.53 Å².